The Morgan fingerprint density at radius 2 is 2.18 bits per heavy atom. The lowest BCUT2D eigenvalue weighted by Gasteiger charge is -2.27. The first kappa shape index (κ1) is 13.1. The number of nitrogens with one attached hydrogen (secondary N) is 1. The minimum Gasteiger partial charge on any atom is -0.315 e. The van der Waals surface area contributed by atoms with Crippen LogP contribution in [0.15, 0.2) is 12.1 Å². The van der Waals surface area contributed by atoms with E-state index in [1.54, 1.807) is 0 Å². The van der Waals surface area contributed by atoms with Crippen molar-refractivity contribution in [1.82, 2.24) is 10.2 Å². The van der Waals surface area contributed by atoms with Crippen molar-refractivity contribution in [3.63, 3.8) is 0 Å². The van der Waals surface area contributed by atoms with E-state index in [0.717, 1.165) is 12.6 Å². The molecule has 1 aliphatic heterocycles. The predicted octanol–water partition coefficient (Wildman–Crippen LogP) is 2.88. The summed E-state index contributed by atoms with van der Waals surface area (Å²) >= 11 is 1.98. The first-order chi connectivity index (χ1) is 8.33. The Morgan fingerprint density at radius 1 is 1.35 bits per heavy atom. The number of aryl methyl sites for hydroxylation is 1. The van der Waals surface area contributed by atoms with Crippen LogP contribution < -0.4 is 5.32 Å². The zero-order chi connectivity index (χ0) is 12.1. The van der Waals surface area contributed by atoms with Crippen molar-refractivity contribution in [2.45, 2.75) is 45.7 Å². The predicted molar refractivity (Wildman–Crippen MR) is 75.7 cm³/mol. The topological polar surface area (TPSA) is 15.3 Å². The average Bonchev–Trinajstić information content (AvgIpc) is 2.99. The van der Waals surface area contributed by atoms with E-state index in [-0.39, 0.29) is 0 Å². The molecule has 1 N–H and O–H groups in total. The van der Waals surface area contributed by atoms with E-state index in [1.807, 2.05) is 11.3 Å². The zero-order valence-electron chi connectivity index (χ0n) is 11.0. The number of hydrogen-bond acceptors (Lipinski definition) is 3. The van der Waals surface area contributed by atoms with E-state index in [9.17, 15) is 0 Å². The van der Waals surface area contributed by atoms with E-state index >= 15 is 0 Å². The highest BCUT2D eigenvalue weighted by Gasteiger charge is 2.21. The summed E-state index contributed by atoms with van der Waals surface area (Å²) in [5, 5.41) is 3.48. The molecule has 1 atom stereocenters. The molecule has 3 heteroatoms. The van der Waals surface area contributed by atoms with E-state index < -0.39 is 0 Å². The van der Waals surface area contributed by atoms with Crippen LogP contribution in [0.25, 0.3) is 0 Å². The Labute approximate surface area is 109 Å². The van der Waals surface area contributed by atoms with Gasteiger partial charge in [-0.1, -0.05) is 13.8 Å². The highest BCUT2D eigenvalue weighted by molar-refractivity contribution is 7.11. The van der Waals surface area contributed by atoms with Gasteiger partial charge in [0.25, 0.3) is 0 Å². The van der Waals surface area contributed by atoms with E-state index in [4.69, 9.17) is 0 Å². The molecule has 0 aromatic carbocycles. The van der Waals surface area contributed by atoms with Crippen LogP contribution in [0.1, 0.15) is 36.4 Å². The second kappa shape index (κ2) is 6.53. The summed E-state index contributed by atoms with van der Waals surface area (Å²) < 4.78 is 0. The first-order valence-corrected chi connectivity index (χ1v) is 7.67. The molecule has 0 bridgehead atoms. The fraction of sp³-hybridized carbons (Fsp3) is 0.714. The standard InChI is InChI=1S/C14H24N2S/c1-3-9-16(12-7-8-15-10-12)11-14-6-5-13(4-2)17-14/h5-6,12,15H,3-4,7-11H2,1-2H3. The van der Waals surface area contributed by atoms with Crippen molar-refractivity contribution in [3.05, 3.63) is 21.9 Å². The maximum absolute atomic E-state index is 3.48. The van der Waals surface area contributed by atoms with Crippen LogP contribution >= 0.6 is 11.3 Å². The van der Waals surface area contributed by atoms with Crippen LogP contribution in [-0.4, -0.2) is 30.6 Å². The van der Waals surface area contributed by atoms with Crippen LogP contribution in [0.2, 0.25) is 0 Å². The minimum absolute atomic E-state index is 0.752. The molecule has 2 heterocycles. The summed E-state index contributed by atoms with van der Waals surface area (Å²) in [5.74, 6) is 0. The maximum atomic E-state index is 3.48. The lowest BCUT2D eigenvalue weighted by atomic mass is 10.2. The van der Waals surface area contributed by atoms with Gasteiger partial charge in [-0.25, -0.2) is 0 Å². The number of hydrogen-bond donors (Lipinski definition) is 1. The number of nitrogens with zero attached hydrogens (tertiary/aromatic N) is 1. The third-order valence-electron chi connectivity index (χ3n) is 3.49. The van der Waals surface area contributed by atoms with E-state index in [0.29, 0.717) is 0 Å². The summed E-state index contributed by atoms with van der Waals surface area (Å²) in [4.78, 5) is 5.70. The van der Waals surface area contributed by atoms with Crippen molar-refractivity contribution in [2.24, 2.45) is 0 Å². The average molecular weight is 252 g/mol. The molecule has 0 saturated carbocycles. The smallest absolute Gasteiger partial charge is 0.0331 e. The second-order valence-electron chi connectivity index (χ2n) is 4.84. The van der Waals surface area contributed by atoms with Crippen molar-refractivity contribution >= 4 is 11.3 Å². The van der Waals surface area contributed by atoms with Crippen molar-refractivity contribution in [3.8, 4) is 0 Å². The molecule has 96 valence electrons. The Bertz CT molecular complexity index is 329. The fourth-order valence-corrected chi connectivity index (χ4v) is 3.51. The van der Waals surface area contributed by atoms with Gasteiger partial charge in [0, 0.05) is 28.9 Å². The van der Waals surface area contributed by atoms with Crippen LogP contribution in [0.4, 0.5) is 0 Å². The first-order valence-electron chi connectivity index (χ1n) is 6.85. The third kappa shape index (κ3) is 3.54. The Hall–Kier alpha value is -0.380. The molecule has 1 saturated heterocycles. The Kier molecular flexibility index (Phi) is 5.01. The highest BCUT2D eigenvalue weighted by atomic mass is 32.1. The molecule has 0 amide bonds. The molecule has 0 radical (unpaired) electrons. The van der Waals surface area contributed by atoms with Crippen molar-refractivity contribution in [1.29, 1.82) is 0 Å². The van der Waals surface area contributed by atoms with Crippen LogP contribution in [-0.2, 0) is 13.0 Å². The van der Waals surface area contributed by atoms with Gasteiger partial charge < -0.3 is 5.32 Å². The molecule has 2 nitrogen and oxygen atoms in total. The molecule has 1 aromatic heterocycles. The molecule has 2 rings (SSSR count). The fourth-order valence-electron chi connectivity index (χ4n) is 2.53. The van der Waals surface area contributed by atoms with Gasteiger partial charge in [0.1, 0.15) is 0 Å². The summed E-state index contributed by atoms with van der Waals surface area (Å²) in [6.07, 6.45) is 3.73. The molecule has 0 spiro atoms. The summed E-state index contributed by atoms with van der Waals surface area (Å²) in [5.41, 5.74) is 0. The molecule has 1 aromatic rings. The van der Waals surface area contributed by atoms with Crippen LogP contribution in [0, 0.1) is 0 Å². The van der Waals surface area contributed by atoms with Crippen molar-refractivity contribution in [2.75, 3.05) is 19.6 Å². The quantitative estimate of drug-likeness (QED) is 0.837. The van der Waals surface area contributed by atoms with Gasteiger partial charge in [-0.3, -0.25) is 4.90 Å². The lowest BCUT2D eigenvalue weighted by Crippen LogP contribution is -2.36. The van der Waals surface area contributed by atoms with Crippen LogP contribution in [0.3, 0.4) is 0 Å². The molecule has 17 heavy (non-hydrogen) atoms. The molecule has 1 unspecified atom stereocenters. The largest absolute Gasteiger partial charge is 0.315 e. The SMILES string of the molecule is CCCN(Cc1ccc(CC)s1)C1CCNC1. The van der Waals surface area contributed by atoms with Crippen LogP contribution in [0.5, 0.6) is 0 Å². The van der Waals surface area contributed by atoms with E-state index in [1.165, 1.54) is 48.7 Å². The number of thiophene rings is 1. The van der Waals surface area contributed by atoms with Gasteiger partial charge in [0.15, 0.2) is 0 Å². The molecular formula is C14H24N2S. The highest BCUT2D eigenvalue weighted by Crippen LogP contribution is 2.21. The van der Waals surface area contributed by atoms with Gasteiger partial charge in [0.2, 0.25) is 0 Å². The Balaban J connectivity index is 1.96. The van der Waals surface area contributed by atoms with Crippen molar-refractivity contribution < 1.29 is 0 Å². The van der Waals surface area contributed by atoms with E-state index in [2.05, 4.69) is 36.2 Å². The second-order valence-corrected chi connectivity index (χ2v) is 6.09. The normalized spacial score (nSPS) is 20.3. The summed E-state index contributed by atoms with van der Waals surface area (Å²) in [7, 11) is 0. The summed E-state index contributed by atoms with van der Waals surface area (Å²) in [6.45, 7) is 9.25. The van der Waals surface area contributed by atoms with Gasteiger partial charge in [-0.15, -0.1) is 11.3 Å². The molecule has 1 aliphatic rings. The van der Waals surface area contributed by atoms with Gasteiger partial charge in [-0.2, -0.15) is 0 Å². The third-order valence-corrected chi connectivity index (χ3v) is 4.70. The molecule has 1 fully saturated rings. The van der Waals surface area contributed by atoms with Gasteiger partial charge in [0.05, 0.1) is 0 Å². The number of rotatable bonds is 6. The Morgan fingerprint density at radius 3 is 2.76 bits per heavy atom. The minimum atomic E-state index is 0.752. The molecular weight excluding hydrogens is 228 g/mol. The zero-order valence-corrected chi connectivity index (χ0v) is 11.9. The lowest BCUT2D eigenvalue weighted by molar-refractivity contribution is 0.201. The monoisotopic (exact) mass is 252 g/mol. The van der Waals surface area contributed by atoms with Gasteiger partial charge in [-0.05, 0) is 44.5 Å². The van der Waals surface area contributed by atoms with Gasteiger partial charge >= 0.3 is 0 Å². The summed E-state index contributed by atoms with van der Waals surface area (Å²) in [6, 6.07) is 5.35. The molecule has 0 aliphatic carbocycles. The maximum Gasteiger partial charge on any atom is 0.0331 e.